The lowest BCUT2D eigenvalue weighted by molar-refractivity contribution is 0.0946. The van der Waals surface area contributed by atoms with E-state index in [4.69, 9.17) is 0 Å². The van der Waals surface area contributed by atoms with E-state index in [1.54, 1.807) is 16.4 Å². The Hall–Kier alpha value is -1.80. The monoisotopic (exact) mass is 278 g/mol. The molecule has 2 N–H and O–H groups in total. The van der Waals surface area contributed by atoms with Gasteiger partial charge >= 0.3 is 0 Å². The van der Waals surface area contributed by atoms with E-state index in [0.717, 1.165) is 23.7 Å². The van der Waals surface area contributed by atoms with Gasteiger partial charge in [-0.1, -0.05) is 5.21 Å². The predicted molar refractivity (Wildman–Crippen MR) is 69.9 cm³/mol. The highest BCUT2D eigenvalue weighted by Gasteiger charge is 2.21. The standard InChI is InChI=1S/C11H14N6OS/c1-7-10(19-6-14-7)4-13-11(18)9-5-17(16-15-9)8-2-12-3-8/h5-6,8,12H,2-4H2,1H3,(H,13,18). The minimum atomic E-state index is -0.202. The van der Waals surface area contributed by atoms with Crippen molar-refractivity contribution < 1.29 is 4.79 Å². The summed E-state index contributed by atoms with van der Waals surface area (Å²) >= 11 is 1.53. The molecule has 0 atom stereocenters. The summed E-state index contributed by atoms with van der Waals surface area (Å²) in [5.74, 6) is -0.202. The number of aryl methyl sites for hydroxylation is 1. The fraction of sp³-hybridized carbons (Fsp3) is 0.455. The lowest BCUT2D eigenvalue weighted by atomic mass is 10.2. The van der Waals surface area contributed by atoms with Crippen LogP contribution in [0.4, 0.5) is 0 Å². The number of aromatic nitrogens is 4. The average molecular weight is 278 g/mol. The summed E-state index contributed by atoms with van der Waals surface area (Å²) in [5.41, 5.74) is 3.08. The van der Waals surface area contributed by atoms with Crippen molar-refractivity contribution in [1.82, 2.24) is 30.6 Å². The van der Waals surface area contributed by atoms with Crippen molar-refractivity contribution in [3.05, 3.63) is 28.0 Å². The Kier molecular flexibility index (Phi) is 3.26. The van der Waals surface area contributed by atoms with Crippen LogP contribution in [-0.2, 0) is 6.54 Å². The average Bonchev–Trinajstić information content (AvgIpc) is 2.94. The molecule has 19 heavy (non-hydrogen) atoms. The number of thiazole rings is 1. The van der Waals surface area contributed by atoms with Gasteiger partial charge in [0.1, 0.15) is 0 Å². The molecule has 0 aromatic carbocycles. The van der Waals surface area contributed by atoms with Crippen LogP contribution < -0.4 is 10.6 Å². The van der Waals surface area contributed by atoms with Gasteiger partial charge in [0, 0.05) is 18.0 Å². The normalized spacial score (nSPS) is 15.2. The zero-order valence-electron chi connectivity index (χ0n) is 10.5. The van der Waals surface area contributed by atoms with Crippen LogP contribution in [0.2, 0.25) is 0 Å². The lowest BCUT2D eigenvalue weighted by Gasteiger charge is -2.26. The summed E-state index contributed by atoms with van der Waals surface area (Å²) in [6, 6.07) is 0.317. The Bertz CT molecular complexity index is 588. The van der Waals surface area contributed by atoms with Gasteiger partial charge in [0.05, 0.1) is 30.0 Å². The molecule has 8 heteroatoms. The number of nitrogens with zero attached hydrogens (tertiary/aromatic N) is 4. The summed E-state index contributed by atoms with van der Waals surface area (Å²) < 4.78 is 1.74. The Balaban J connectivity index is 1.60. The molecule has 0 radical (unpaired) electrons. The van der Waals surface area contributed by atoms with Gasteiger partial charge in [-0.2, -0.15) is 0 Å². The number of nitrogens with one attached hydrogen (secondary N) is 2. The third-order valence-corrected chi connectivity index (χ3v) is 4.07. The quantitative estimate of drug-likeness (QED) is 0.829. The van der Waals surface area contributed by atoms with E-state index >= 15 is 0 Å². The fourth-order valence-electron chi connectivity index (χ4n) is 1.77. The number of hydrogen-bond donors (Lipinski definition) is 2. The third-order valence-electron chi connectivity index (χ3n) is 3.13. The zero-order valence-corrected chi connectivity index (χ0v) is 11.3. The van der Waals surface area contributed by atoms with E-state index < -0.39 is 0 Å². The minimum absolute atomic E-state index is 0.202. The Morgan fingerprint density at radius 3 is 3.11 bits per heavy atom. The molecule has 0 spiro atoms. The van der Waals surface area contributed by atoms with E-state index in [1.165, 1.54) is 11.3 Å². The Morgan fingerprint density at radius 1 is 1.63 bits per heavy atom. The molecule has 100 valence electrons. The van der Waals surface area contributed by atoms with Gasteiger partial charge in [-0.15, -0.1) is 16.4 Å². The molecule has 0 bridgehead atoms. The van der Waals surface area contributed by atoms with Gasteiger partial charge in [0.25, 0.3) is 5.91 Å². The molecule has 1 fully saturated rings. The second-order valence-corrected chi connectivity index (χ2v) is 5.38. The number of rotatable bonds is 4. The molecule has 2 aromatic rings. The van der Waals surface area contributed by atoms with Crippen molar-refractivity contribution in [2.24, 2.45) is 0 Å². The van der Waals surface area contributed by atoms with Gasteiger partial charge in [-0.3, -0.25) is 4.79 Å². The van der Waals surface area contributed by atoms with Crippen molar-refractivity contribution in [3.8, 4) is 0 Å². The van der Waals surface area contributed by atoms with Crippen molar-refractivity contribution in [2.75, 3.05) is 13.1 Å². The van der Waals surface area contributed by atoms with Crippen LogP contribution in [-0.4, -0.2) is 39.0 Å². The maximum Gasteiger partial charge on any atom is 0.273 e. The summed E-state index contributed by atoms with van der Waals surface area (Å²) in [6.07, 6.45) is 1.69. The SMILES string of the molecule is Cc1ncsc1CNC(=O)c1cn(C2CNC2)nn1. The summed E-state index contributed by atoms with van der Waals surface area (Å²) in [5, 5.41) is 13.9. The molecular weight excluding hydrogens is 264 g/mol. The lowest BCUT2D eigenvalue weighted by Crippen LogP contribution is -2.43. The van der Waals surface area contributed by atoms with Crippen LogP contribution in [0.3, 0.4) is 0 Å². The van der Waals surface area contributed by atoms with Crippen LogP contribution in [0.15, 0.2) is 11.7 Å². The second kappa shape index (κ2) is 5.06. The minimum Gasteiger partial charge on any atom is -0.346 e. The van der Waals surface area contributed by atoms with Crippen molar-refractivity contribution in [1.29, 1.82) is 0 Å². The molecule has 7 nitrogen and oxygen atoms in total. The third kappa shape index (κ3) is 2.49. The maximum absolute atomic E-state index is 11.9. The molecule has 0 saturated carbocycles. The first-order valence-electron chi connectivity index (χ1n) is 6.04. The van der Waals surface area contributed by atoms with Crippen LogP contribution >= 0.6 is 11.3 Å². The van der Waals surface area contributed by atoms with Crippen LogP contribution in [0, 0.1) is 6.92 Å². The Labute approximate surface area is 114 Å². The number of amides is 1. The van der Waals surface area contributed by atoms with Gasteiger partial charge in [-0.25, -0.2) is 9.67 Å². The summed E-state index contributed by atoms with van der Waals surface area (Å²) in [7, 11) is 0. The molecule has 2 aromatic heterocycles. The second-order valence-electron chi connectivity index (χ2n) is 4.44. The first-order chi connectivity index (χ1) is 9.24. The van der Waals surface area contributed by atoms with E-state index in [-0.39, 0.29) is 5.91 Å². The van der Waals surface area contributed by atoms with Crippen molar-refractivity contribution >= 4 is 17.2 Å². The number of hydrogen-bond acceptors (Lipinski definition) is 6. The first kappa shape index (κ1) is 12.2. The topological polar surface area (TPSA) is 84.7 Å². The molecule has 0 aliphatic carbocycles. The summed E-state index contributed by atoms with van der Waals surface area (Å²) in [4.78, 5) is 17.1. The predicted octanol–water partition coefficient (Wildman–Crippen LogP) is 0.117. The molecule has 0 unspecified atom stereocenters. The molecule has 1 aliphatic heterocycles. The molecule has 1 aliphatic rings. The zero-order chi connectivity index (χ0) is 13.2. The van der Waals surface area contributed by atoms with Crippen LogP contribution in [0.25, 0.3) is 0 Å². The highest BCUT2D eigenvalue weighted by Crippen LogP contribution is 2.12. The first-order valence-corrected chi connectivity index (χ1v) is 6.91. The van der Waals surface area contributed by atoms with E-state index in [1.807, 2.05) is 6.92 Å². The molecule has 1 saturated heterocycles. The summed E-state index contributed by atoms with van der Waals surface area (Å²) in [6.45, 7) is 4.17. The van der Waals surface area contributed by atoms with E-state index in [0.29, 0.717) is 18.3 Å². The van der Waals surface area contributed by atoms with Gasteiger partial charge < -0.3 is 10.6 Å². The van der Waals surface area contributed by atoms with Crippen molar-refractivity contribution in [3.63, 3.8) is 0 Å². The maximum atomic E-state index is 11.9. The molecule has 3 heterocycles. The van der Waals surface area contributed by atoms with Gasteiger partial charge in [-0.05, 0) is 6.92 Å². The van der Waals surface area contributed by atoms with Gasteiger partial charge in [0.15, 0.2) is 5.69 Å². The van der Waals surface area contributed by atoms with Gasteiger partial charge in [0.2, 0.25) is 0 Å². The number of carbonyl (C=O) groups is 1. The number of carbonyl (C=O) groups excluding carboxylic acids is 1. The van der Waals surface area contributed by atoms with E-state index in [2.05, 4.69) is 25.9 Å². The van der Waals surface area contributed by atoms with Crippen LogP contribution in [0.1, 0.15) is 27.1 Å². The smallest absolute Gasteiger partial charge is 0.273 e. The molecule has 3 rings (SSSR count). The highest BCUT2D eigenvalue weighted by atomic mass is 32.1. The molecule has 1 amide bonds. The fourth-order valence-corrected chi connectivity index (χ4v) is 2.48. The van der Waals surface area contributed by atoms with E-state index in [9.17, 15) is 4.79 Å². The Morgan fingerprint density at radius 2 is 2.47 bits per heavy atom. The highest BCUT2D eigenvalue weighted by molar-refractivity contribution is 7.09. The largest absolute Gasteiger partial charge is 0.346 e. The molecular formula is C11H14N6OS. The van der Waals surface area contributed by atoms with Crippen LogP contribution in [0.5, 0.6) is 0 Å². The van der Waals surface area contributed by atoms with Crippen molar-refractivity contribution in [2.45, 2.75) is 19.5 Å².